The Balaban J connectivity index is 3.00. The highest BCUT2D eigenvalue weighted by molar-refractivity contribution is 5.97. The van der Waals surface area contributed by atoms with Crippen LogP contribution in [0.1, 0.15) is 10.4 Å². The fourth-order valence-electron chi connectivity index (χ4n) is 1.39. The lowest BCUT2D eigenvalue weighted by Gasteiger charge is -2.01. The zero-order chi connectivity index (χ0) is 10.1. The van der Waals surface area contributed by atoms with Gasteiger partial charge in [-0.05, 0) is 6.07 Å². The molecule has 14 heavy (non-hydrogen) atoms. The van der Waals surface area contributed by atoms with E-state index in [0.29, 0.717) is 16.3 Å². The number of aldehydes is 1. The summed E-state index contributed by atoms with van der Waals surface area (Å²) in [5, 5.41) is 4.98. The van der Waals surface area contributed by atoms with Crippen LogP contribution < -0.4 is 5.56 Å². The van der Waals surface area contributed by atoms with Crippen LogP contribution in [0.2, 0.25) is 0 Å². The van der Waals surface area contributed by atoms with Crippen molar-refractivity contribution >= 4 is 17.1 Å². The van der Waals surface area contributed by atoms with Crippen molar-refractivity contribution < 1.29 is 4.79 Å². The van der Waals surface area contributed by atoms with Crippen LogP contribution in [0.5, 0.6) is 0 Å². The van der Waals surface area contributed by atoms with Gasteiger partial charge in [0.05, 0.1) is 11.6 Å². The van der Waals surface area contributed by atoms with E-state index in [4.69, 9.17) is 0 Å². The quantitative estimate of drug-likeness (QED) is 0.620. The molecule has 0 spiro atoms. The van der Waals surface area contributed by atoms with Crippen LogP contribution in [-0.2, 0) is 7.05 Å². The van der Waals surface area contributed by atoms with Crippen molar-refractivity contribution in [3.63, 3.8) is 0 Å². The molecule has 0 bridgehead atoms. The number of rotatable bonds is 1. The second kappa shape index (κ2) is 3.06. The van der Waals surface area contributed by atoms with Crippen LogP contribution in [-0.4, -0.2) is 16.1 Å². The monoisotopic (exact) mass is 188 g/mol. The van der Waals surface area contributed by atoms with Gasteiger partial charge in [-0.1, -0.05) is 12.1 Å². The van der Waals surface area contributed by atoms with Gasteiger partial charge in [0, 0.05) is 18.0 Å². The molecular formula is C10H8N2O2. The van der Waals surface area contributed by atoms with Crippen molar-refractivity contribution in [2.75, 3.05) is 0 Å². The highest BCUT2D eigenvalue weighted by Crippen LogP contribution is 2.11. The first-order chi connectivity index (χ1) is 6.74. The van der Waals surface area contributed by atoms with E-state index >= 15 is 0 Å². The van der Waals surface area contributed by atoms with Crippen molar-refractivity contribution in [1.29, 1.82) is 0 Å². The highest BCUT2D eigenvalue weighted by atomic mass is 16.1. The fraction of sp³-hybridized carbons (Fsp3) is 0.100. The molecule has 0 aliphatic carbocycles. The van der Waals surface area contributed by atoms with Gasteiger partial charge >= 0.3 is 0 Å². The number of hydrogen-bond donors (Lipinski definition) is 0. The molecule has 0 aliphatic rings. The first-order valence-corrected chi connectivity index (χ1v) is 4.14. The van der Waals surface area contributed by atoms with E-state index in [9.17, 15) is 9.59 Å². The molecule has 1 heterocycles. The molecule has 0 radical (unpaired) electrons. The number of benzene rings is 1. The van der Waals surface area contributed by atoms with Gasteiger partial charge in [0.15, 0.2) is 6.29 Å². The van der Waals surface area contributed by atoms with Crippen LogP contribution in [0.4, 0.5) is 0 Å². The fourth-order valence-corrected chi connectivity index (χ4v) is 1.39. The lowest BCUT2D eigenvalue weighted by molar-refractivity contribution is 0.112. The van der Waals surface area contributed by atoms with E-state index < -0.39 is 0 Å². The van der Waals surface area contributed by atoms with Crippen LogP contribution in [0.25, 0.3) is 10.8 Å². The summed E-state index contributed by atoms with van der Waals surface area (Å²) in [5.41, 5.74) is 0.305. The third-order valence-electron chi connectivity index (χ3n) is 2.15. The number of aryl methyl sites for hydroxylation is 1. The van der Waals surface area contributed by atoms with E-state index in [0.717, 1.165) is 6.29 Å². The Hall–Kier alpha value is -1.97. The zero-order valence-electron chi connectivity index (χ0n) is 7.60. The normalized spacial score (nSPS) is 10.4. The van der Waals surface area contributed by atoms with Crippen molar-refractivity contribution in [3.05, 3.63) is 40.3 Å². The van der Waals surface area contributed by atoms with Crippen LogP contribution in [0.15, 0.2) is 29.2 Å². The topological polar surface area (TPSA) is 52.0 Å². The van der Waals surface area contributed by atoms with Gasteiger partial charge in [0.25, 0.3) is 5.56 Å². The molecule has 0 fully saturated rings. The minimum atomic E-state index is -0.189. The minimum Gasteiger partial charge on any atom is -0.298 e. The summed E-state index contributed by atoms with van der Waals surface area (Å²) in [6.45, 7) is 0. The van der Waals surface area contributed by atoms with Crippen molar-refractivity contribution in [2.45, 2.75) is 0 Å². The number of aromatic nitrogens is 2. The molecule has 0 unspecified atom stereocenters. The number of carbonyl (C=O) groups excluding carboxylic acids is 1. The van der Waals surface area contributed by atoms with Crippen LogP contribution in [0.3, 0.4) is 0 Å². The summed E-state index contributed by atoms with van der Waals surface area (Å²) in [6.07, 6.45) is 2.25. The van der Waals surface area contributed by atoms with Gasteiger partial charge < -0.3 is 0 Å². The molecule has 2 rings (SSSR count). The Kier molecular flexibility index (Phi) is 1.89. The van der Waals surface area contributed by atoms with Crippen molar-refractivity contribution in [2.24, 2.45) is 7.05 Å². The first kappa shape index (κ1) is 8.62. The maximum Gasteiger partial charge on any atom is 0.274 e. The molecule has 0 amide bonds. The van der Waals surface area contributed by atoms with E-state index in [1.165, 1.54) is 10.9 Å². The average molecular weight is 188 g/mol. The molecule has 0 saturated carbocycles. The van der Waals surface area contributed by atoms with Gasteiger partial charge in [0.1, 0.15) is 0 Å². The Bertz CT molecular complexity index is 558. The number of nitrogens with zero attached hydrogens (tertiary/aromatic N) is 2. The molecular weight excluding hydrogens is 180 g/mol. The first-order valence-electron chi connectivity index (χ1n) is 4.14. The van der Waals surface area contributed by atoms with Gasteiger partial charge in [-0.3, -0.25) is 9.59 Å². The van der Waals surface area contributed by atoms with Crippen molar-refractivity contribution in [1.82, 2.24) is 9.78 Å². The Morgan fingerprint density at radius 1 is 1.36 bits per heavy atom. The molecule has 0 atom stereocenters. The summed E-state index contributed by atoms with van der Waals surface area (Å²) in [5.74, 6) is 0. The second-order valence-corrected chi connectivity index (χ2v) is 3.00. The minimum absolute atomic E-state index is 0.189. The molecule has 1 aromatic heterocycles. The lowest BCUT2D eigenvalue weighted by Crippen LogP contribution is -2.19. The average Bonchev–Trinajstić information content (AvgIpc) is 2.23. The second-order valence-electron chi connectivity index (χ2n) is 3.00. The van der Waals surface area contributed by atoms with Crippen molar-refractivity contribution in [3.8, 4) is 0 Å². The Morgan fingerprint density at radius 2 is 2.14 bits per heavy atom. The summed E-state index contributed by atoms with van der Waals surface area (Å²) in [4.78, 5) is 22.3. The summed E-state index contributed by atoms with van der Waals surface area (Å²) in [7, 11) is 1.58. The number of carbonyl (C=O) groups is 1. The molecule has 4 heteroatoms. The lowest BCUT2D eigenvalue weighted by atomic mass is 10.1. The SMILES string of the molecule is Cn1ncc2c(C=O)cccc2c1=O. The number of hydrogen-bond acceptors (Lipinski definition) is 3. The van der Waals surface area contributed by atoms with E-state index in [2.05, 4.69) is 5.10 Å². The molecule has 1 aromatic carbocycles. The summed E-state index contributed by atoms with van der Waals surface area (Å²) >= 11 is 0. The maximum atomic E-state index is 11.6. The van der Waals surface area contributed by atoms with E-state index in [1.54, 1.807) is 25.2 Å². The van der Waals surface area contributed by atoms with Gasteiger partial charge in [-0.15, -0.1) is 0 Å². The largest absolute Gasteiger partial charge is 0.298 e. The smallest absolute Gasteiger partial charge is 0.274 e. The zero-order valence-corrected chi connectivity index (χ0v) is 7.60. The summed E-state index contributed by atoms with van der Waals surface area (Å²) in [6, 6.07) is 5.04. The predicted octanol–water partition coefficient (Wildman–Crippen LogP) is 0.746. The molecule has 2 aromatic rings. The Morgan fingerprint density at radius 3 is 2.86 bits per heavy atom. The maximum absolute atomic E-state index is 11.6. The van der Waals surface area contributed by atoms with Gasteiger partial charge in [-0.2, -0.15) is 5.10 Å². The van der Waals surface area contributed by atoms with Crippen LogP contribution in [0, 0.1) is 0 Å². The highest BCUT2D eigenvalue weighted by Gasteiger charge is 2.04. The van der Waals surface area contributed by atoms with Crippen LogP contribution >= 0.6 is 0 Å². The molecule has 70 valence electrons. The van der Waals surface area contributed by atoms with E-state index in [1.807, 2.05) is 0 Å². The van der Waals surface area contributed by atoms with Gasteiger partial charge in [-0.25, -0.2) is 4.68 Å². The molecule has 0 N–H and O–H groups in total. The molecule has 0 aliphatic heterocycles. The third kappa shape index (κ3) is 1.12. The molecule has 0 saturated heterocycles. The van der Waals surface area contributed by atoms with Gasteiger partial charge in [0.2, 0.25) is 0 Å². The standard InChI is InChI=1S/C10H8N2O2/c1-12-10(14)8-4-2-3-7(6-13)9(8)5-11-12/h2-6H,1H3. The summed E-state index contributed by atoms with van der Waals surface area (Å²) < 4.78 is 1.25. The van der Waals surface area contributed by atoms with E-state index in [-0.39, 0.29) is 5.56 Å². The third-order valence-corrected chi connectivity index (χ3v) is 2.15. The predicted molar refractivity (Wildman–Crippen MR) is 52.4 cm³/mol. The molecule has 4 nitrogen and oxygen atoms in total. The number of fused-ring (bicyclic) bond motifs is 1. The Labute approximate surface area is 79.8 Å².